The van der Waals surface area contributed by atoms with Gasteiger partial charge in [-0.1, -0.05) is 37.3 Å². The van der Waals surface area contributed by atoms with E-state index in [9.17, 15) is 8.42 Å². The number of methoxy groups -OCH3 is 2. The first-order chi connectivity index (χ1) is 13.5. The van der Waals surface area contributed by atoms with Crippen molar-refractivity contribution in [3.8, 4) is 22.8 Å². The highest BCUT2D eigenvalue weighted by Crippen LogP contribution is 2.30. The normalized spacial score (nSPS) is 12.5. The lowest BCUT2D eigenvalue weighted by Crippen LogP contribution is -2.29. The SMILES string of the molecule is CCC(NS(=O)(=O)c1cc(OC)ccc1OC)c1ncc(-c2ccccc2)[nH]1. The van der Waals surface area contributed by atoms with E-state index in [0.717, 1.165) is 11.3 Å². The Bertz CT molecular complexity index is 1030. The lowest BCUT2D eigenvalue weighted by Gasteiger charge is -2.17. The Hall–Kier alpha value is -2.84. The van der Waals surface area contributed by atoms with E-state index in [1.807, 2.05) is 37.3 Å². The number of imidazole rings is 1. The summed E-state index contributed by atoms with van der Waals surface area (Å²) >= 11 is 0. The number of aromatic amines is 1. The number of nitrogens with zero attached hydrogens (tertiary/aromatic N) is 1. The number of benzene rings is 2. The number of H-pyrrole nitrogens is 1. The van der Waals surface area contributed by atoms with Crippen LogP contribution in [-0.4, -0.2) is 32.6 Å². The highest BCUT2D eigenvalue weighted by atomic mass is 32.2. The van der Waals surface area contributed by atoms with Crippen molar-refractivity contribution in [1.29, 1.82) is 0 Å². The van der Waals surface area contributed by atoms with Crippen LogP contribution in [0.2, 0.25) is 0 Å². The summed E-state index contributed by atoms with van der Waals surface area (Å²) < 4.78 is 39.1. The molecule has 8 heteroatoms. The molecule has 2 N–H and O–H groups in total. The minimum atomic E-state index is -3.87. The molecule has 7 nitrogen and oxygen atoms in total. The lowest BCUT2D eigenvalue weighted by atomic mass is 10.2. The van der Waals surface area contributed by atoms with Crippen LogP contribution in [0.3, 0.4) is 0 Å². The fraction of sp³-hybridized carbons (Fsp3) is 0.250. The summed E-state index contributed by atoms with van der Waals surface area (Å²) in [4.78, 5) is 7.61. The number of ether oxygens (including phenoxy) is 2. The summed E-state index contributed by atoms with van der Waals surface area (Å²) in [7, 11) is -0.957. The van der Waals surface area contributed by atoms with Gasteiger partial charge < -0.3 is 14.5 Å². The molecule has 1 unspecified atom stereocenters. The second-order valence-corrected chi connectivity index (χ2v) is 7.83. The second-order valence-electron chi connectivity index (χ2n) is 6.15. The third-order valence-electron chi connectivity index (χ3n) is 4.38. The fourth-order valence-corrected chi connectivity index (χ4v) is 4.32. The molecule has 0 aliphatic heterocycles. The molecule has 0 saturated carbocycles. The van der Waals surface area contributed by atoms with Gasteiger partial charge in [-0.05, 0) is 24.1 Å². The zero-order valence-electron chi connectivity index (χ0n) is 16.0. The second kappa shape index (κ2) is 8.45. The first-order valence-corrected chi connectivity index (χ1v) is 10.3. The van der Waals surface area contributed by atoms with Crippen LogP contribution in [0.4, 0.5) is 0 Å². The summed E-state index contributed by atoms with van der Waals surface area (Å²) in [5, 5.41) is 0. The Morgan fingerprint density at radius 3 is 2.50 bits per heavy atom. The van der Waals surface area contributed by atoms with Gasteiger partial charge in [-0.3, -0.25) is 0 Å². The maximum Gasteiger partial charge on any atom is 0.245 e. The minimum Gasteiger partial charge on any atom is -0.497 e. The van der Waals surface area contributed by atoms with Crippen molar-refractivity contribution < 1.29 is 17.9 Å². The Kier molecular flexibility index (Phi) is 6.01. The molecule has 0 spiro atoms. The quantitative estimate of drug-likeness (QED) is 0.602. The van der Waals surface area contributed by atoms with Gasteiger partial charge in [0.15, 0.2) is 0 Å². The van der Waals surface area contributed by atoms with Gasteiger partial charge in [-0.25, -0.2) is 18.1 Å². The molecule has 0 saturated heterocycles. The zero-order valence-corrected chi connectivity index (χ0v) is 16.8. The lowest BCUT2D eigenvalue weighted by molar-refractivity contribution is 0.391. The summed E-state index contributed by atoms with van der Waals surface area (Å²) in [6, 6.07) is 13.9. The van der Waals surface area contributed by atoms with Crippen LogP contribution in [0, 0.1) is 0 Å². The molecule has 0 bridgehead atoms. The molecule has 0 fully saturated rings. The number of sulfonamides is 1. The molecule has 0 aliphatic carbocycles. The number of nitrogens with one attached hydrogen (secondary N) is 2. The van der Waals surface area contributed by atoms with E-state index in [4.69, 9.17) is 9.47 Å². The third kappa shape index (κ3) is 4.18. The smallest absolute Gasteiger partial charge is 0.245 e. The number of rotatable bonds is 8. The summed E-state index contributed by atoms with van der Waals surface area (Å²) in [5.74, 6) is 1.22. The van der Waals surface area contributed by atoms with Crippen LogP contribution in [0.25, 0.3) is 11.3 Å². The molecule has 28 heavy (non-hydrogen) atoms. The van der Waals surface area contributed by atoms with Gasteiger partial charge in [0.1, 0.15) is 22.2 Å². The highest BCUT2D eigenvalue weighted by Gasteiger charge is 2.26. The van der Waals surface area contributed by atoms with Crippen molar-refractivity contribution in [2.75, 3.05) is 14.2 Å². The van der Waals surface area contributed by atoms with Gasteiger partial charge in [0.05, 0.1) is 32.2 Å². The van der Waals surface area contributed by atoms with Gasteiger partial charge in [0.2, 0.25) is 10.0 Å². The average molecular weight is 401 g/mol. The largest absolute Gasteiger partial charge is 0.497 e. The first-order valence-electron chi connectivity index (χ1n) is 8.83. The zero-order chi connectivity index (χ0) is 20.1. The predicted octanol–water partition coefficient (Wildman–Crippen LogP) is 3.52. The summed E-state index contributed by atoms with van der Waals surface area (Å²) in [5.41, 5.74) is 1.81. The van der Waals surface area contributed by atoms with Crippen molar-refractivity contribution in [3.63, 3.8) is 0 Å². The molecule has 0 amide bonds. The standard InChI is InChI=1S/C20H23N3O4S/c1-4-16(20-21-13-17(22-20)14-8-6-5-7-9-14)23-28(24,25)19-12-15(26-2)10-11-18(19)27-3/h5-13,16,23H,4H2,1-3H3,(H,21,22). The van der Waals surface area contributed by atoms with Crippen molar-refractivity contribution in [2.24, 2.45) is 0 Å². The molecule has 3 rings (SSSR count). The van der Waals surface area contributed by atoms with Crippen LogP contribution >= 0.6 is 0 Å². The third-order valence-corrected chi connectivity index (χ3v) is 5.87. The first kappa shape index (κ1) is 19.9. The van der Waals surface area contributed by atoms with Crippen molar-refractivity contribution in [3.05, 3.63) is 60.6 Å². The maximum atomic E-state index is 13.0. The number of hydrogen-bond donors (Lipinski definition) is 2. The molecule has 0 radical (unpaired) electrons. The molecule has 1 atom stereocenters. The van der Waals surface area contributed by atoms with E-state index in [2.05, 4.69) is 14.7 Å². The van der Waals surface area contributed by atoms with Crippen LogP contribution in [-0.2, 0) is 10.0 Å². The summed E-state index contributed by atoms with van der Waals surface area (Å²) in [6.45, 7) is 1.89. The fourth-order valence-electron chi connectivity index (χ4n) is 2.86. The van der Waals surface area contributed by atoms with Crippen LogP contribution in [0.5, 0.6) is 11.5 Å². The predicted molar refractivity (Wildman–Crippen MR) is 107 cm³/mol. The van der Waals surface area contributed by atoms with E-state index >= 15 is 0 Å². The molecule has 148 valence electrons. The van der Waals surface area contributed by atoms with Crippen LogP contribution < -0.4 is 14.2 Å². The topological polar surface area (TPSA) is 93.3 Å². The van der Waals surface area contributed by atoms with E-state index in [1.165, 1.54) is 20.3 Å². The Labute approximate surface area is 164 Å². The van der Waals surface area contributed by atoms with Crippen molar-refractivity contribution >= 4 is 10.0 Å². The molecular formula is C20H23N3O4S. The molecule has 2 aromatic carbocycles. The Morgan fingerprint density at radius 1 is 1.11 bits per heavy atom. The van der Waals surface area contributed by atoms with Gasteiger partial charge in [-0.15, -0.1) is 0 Å². The monoisotopic (exact) mass is 401 g/mol. The van der Waals surface area contributed by atoms with E-state index < -0.39 is 16.1 Å². The van der Waals surface area contributed by atoms with Crippen molar-refractivity contribution in [1.82, 2.24) is 14.7 Å². The maximum absolute atomic E-state index is 13.0. The molecule has 3 aromatic rings. The number of hydrogen-bond acceptors (Lipinski definition) is 5. The van der Waals surface area contributed by atoms with E-state index in [0.29, 0.717) is 18.0 Å². The molecular weight excluding hydrogens is 378 g/mol. The summed E-state index contributed by atoms with van der Waals surface area (Å²) in [6.07, 6.45) is 2.22. The van der Waals surface area contributed by atoms with Gasteiger partial charge >= 0.3 is 0 Å². The minimum absolute atomic E-state index is 0.0163. The highest BCUT2D eigenvalue weighted by molar-refractivity contribution is 7.89. The molecule has 0 aliphatic rings. The average Bonchev–Trinajstić information content (AvgIpc) is 3.22. The Balaban J connectivity index is 1.90. The van der Waals surface area contributed by atoms with Gasteiger partial charge in [-0.2, -0.15) is 0 Å². The number of aromatic nitrogens is 2. The Morgan fingerprint density at radius 2 is 1.86 bits per heavy atom. The van der Waals surface area contributed by atoms with Crippen molar-refractivity contribution in [2.45, 2.75) is 24.3 Å². The van der Waals surface area contributed by atoms with Crippen LogP contribution in [0.1, 0.15) is 25.2 Å². The van der Waals surface area contributed by atoms with E-state index in [1.54, 1.807) is 18.3 Å². The van der Waals surface area contributed by atoms with Gasteiger partial charge in [0.25, 0.3) is 0 Å². The van der Waals surface area contributed by atoms with Crippen LogP contribution in [0.15, 0.2) is 59.6 Å². The molecule has 1 aromatic heterocycles. The van der Waals surface area contributed by atoms with E-state index in [-0.39, 0.29) is 10.6 Å². The van der Waals surface area contributed by atoms with Gasteiger partial charge in [0, 0.05) is 6.07 Å². The molecule has 1 heterocycles.